The van der Waals surface area contributed by atoms with E-state index in [1.807, 2.05) is 20.2 Å². The van der Waals surface area contributed by atoms with E-state index < -0.39 is 5.54 Å². The molecule has 1 amide bonds. The Kier molecular flexibility index (Phi) is 2.26. The molecule has 1 aromatic rings. The standard InChI is InChI=1S/C10H16N4O/c1-3-7-8(6-14(2)13-7)12-9(15)10(11)4-5-10/h6H,3-5,11H2,1-2H3,(H,12,15). The first-order valence-corrected chi connectivity index (χ1v) is 5.18. The Bertz CT molecular complexity index is 392. The third-order valence-electron chi connectivity index (χ3n) is 2.73. The summed E-state index contributed by atoms with van der Waals surface area (Å²) in [4.78, 5) is 11.7. The van der Waals surface area contributed by atoms with Crippen LogP contribution in [-0.2, 0) is 18.3 Å². The Balaban J connectivity index is 2.13. The van der Waals surface area contributed by atoms with Crippen LogP contribution in [0, 0.1) is 0 Å². The first-order chi connectivity index (χ1) is 7.05. The maximum absolute atomic E-state index is 11.7. The molecular formula is C10H16N4O. The molecule has 2 rings (SSSR count). The number of carbonyl (C=O) groups is 1. The first-order valence-electron chi connectivity index (χ1n) is 5.18. The fraction of sp³-hybridized carbons (Fsp3) is 0.600. The molecule has 0 aromatic carbocycles. The molecule has 0 bridgehead atoms. The smallest absolute Gasteiger partial charge is 0.244 e. The van der Waals surface area contributed by atoms with E-state index in [0.29, 0.717) is 0 Å². The van der Waals surface area contributed by atoms with Gasteiger partial charge in [0.1, 0.15) is 0 Å². The van der Waals surface area contributed by atoms with Crippen molar-refractivity contribution < 1.29 is 4.79 Å². The molecule has 1 aliphatic rings. The molecule has 0 spiro atoms. The second kappa shape index (κ2) is 3.34. The van der Waals surface area contributed by atoms with Crippen LogP contribution < -0.4 is 11.1 Å². The highest BCUT2D eigenvalue weighted by Gasteiger charge is 2.46. The van der Waals surface area contributed by atoms with Crippen LogP contribution in [0.5, 0.6) is 0 Å². The molecule has 0 atom stereocenters. The molecule has 5 heteroatoms. The quantitative estimate of drug-likeness (QED) is 0.755. The number of anilines is 1. The van der Waals surface area contributed by atoms with Crippen molar-refractivity contribution in [1.82, 2.24) is 9.78 Å². The minimum absolute atomic E-state index is 0.0924. The van der Waals surface area contributed by atoms with Crippen molar-refractivity contribution in [3.05, 3.63) is 11.9 Å². The normalized spacial score (nSPS) is 17.5. The molecule has 1 aliphatic carbocycles. The number of aromatic nitrogens is 2. The molecule has 15 heavy (non-hydrogen) atoms. The zero-order chi connectivity index (χ0) is 11.1. The van der Waals surface area contributed by atoms with Crippen LogP contribution in [-0.4, -0.2) is 21.2 Å². The van der Waals surface area contributed by atoms with Crippen LogP contribution in [0.2, 0.25) is 0 Å². The predicted molar refractivity (Wildman–Crippen MR) is 57.4 cm³/mol. The molecular weight excluding hydrogens is 192 g/mol. The van der Waals surface area contributed by atoms with Crippen LogP contribution in [0.15, 0.2) is 6.20 Å². The number of rotatable bonds is 3. The molecule has 1 aromatic heterocycles. The Morgan fingerprint density at radius 3 is 2.93 bits per heavy atom. The third-order valence-corrected chi connectivity index (χ3v) is 2.73. The van der Waals surface area contributed by atoms with Gasteiger partial charge in [-0.15, -0.1) is 0 Å². The number of nitrogens with two attached hydrogens (primary N) is 1. The minimum Gasteiger partial charge on any atom is -0.322 e. The molecule has 0 unspecified atom stereocenters. The fourth-order valence-electron chi connectivity index (χ4n) is 1.51. The van der Waals surface area contributed by atoms with E-state index in [-0.39, 0.29) is 5.91 Å². The monoisotopic (exact) mass is 208 g/mol. The summed E-state index contributed by atoms with van der Waals surface area (Å²) in [5.74, 6) is -0.0924. The van der Waals surface area contributed by atoms with Crippen molar-refractivity contribution in [3.8, 4) is 0 Å². The molecule has 1 saturated carbocycles. The summed E-state index contributed by atoms with van der Waals surface area (Å²) in [6.07, 6.45) is 4.16. The average molecular weight is 208 g/mol. The van der Waals surface area contributed by atoms with Crippen LogP contribution in [0.4, 0.5) is 5.69 Å². The number of hydrogen-bond donors (Lipinski definition) is 2. The third kappa shape index (κ3) is 1.87. The van der Waals surface area contributed by atoms with Gasteiger partial charge >= 0.3 is 0 Å². The summed E-state index contributed by atoms with van der Waals surface area (Å²) in [7, 11) is 1.84. The SMILES string of the molecule is CCc1nn(C)cc1NC(=O)C1(N)CC1. The van der Waals surface area contributed by atoms with Crippen molar-refractivity contribution in [2.24, 2.45) is 12.8 Å². The Morgan fingerprint density at radius 2 is 2.40 bits per heavy atom. The van der Waals surface area contributed by atoms with Gasteiger partial charge in [-0.3, -0.25) is 9.48 Å². The van der Waals surface area contributed by atoms with E-state index >= 15 is 0 Å². The van der Waals surface area contributed by atoms with Gasteiger partial charge in [0.25, 0.3) is 0 Å². The van der Waals surface area contributed by atoms with Crippen molar-refractivity contribution in [3.63, 3.8) is 0 Å². The number of nitrogens with zero attached hydrogens (tertiary/aromatic N) is 2. The Labute approximate surface area is 88.6 Å². The Morgan fingerprint density at radius 1 is 1.73 bits per heavy atom. The lowest BCUT2D eigenvalue weighted by atomic mass is 10.2. The maximum Gasteiger partial charge on any atom is 0.244 e. The fourth-order valence-corrected chi connectivity index (χ4v) is 1.51. The van der Waals surface area contributed by atoms with E-state index in [0.717, 1.165) is 30.6 Å². The van der Waals surface area contributed by atoms with Gasteiger partial charge in [0.2, 0.25) is 5.91 Å². The van der Waals surface area contributed by atoms with Gasteiger partial charge < -0.3 is 11.1 Å². The highest BCUT2D eigenvalue weighted by Crippen LogP contribution is 2.33. The van der Waals surface area contributed by atoms with Gasteiger partial charge in [0, 0.05) is 13.2 Å². The van der Waals surface area contributed by atoms with Crippen LogP contribution >= 0.6 is 0 Å². The van der Waals surface area contributed by atoms with Crippen molar-refractivity contribution in [2.45, 2.75) is 31.7 Å². The molecule has 5 nitrogen and oxygen atoms in total. The average Bonchev–Trinajstić information content (AvgIpc) is 2.83. The van der Waals surface area contributed by atoms with Gasteiger partial charge in [-0.25, -0.2) is 0 Å². The van der Waals surface area contributed by atoms with Gasteiger partial charge in [-0.05, 0) is 19.3 Å². The van der Waals surface area contributed by atoms with Crippen molar-refractivity contribution in [2.75, 3.05) is 5.32 Å². The van der Waals surface area contributed by atoms with Crippen molar-refractivity contribution >= 4 is 11.6 Å². The number of aryl methyl sites for hydroxylation is 2. The first kappa shape index (κ1) is 10.2. The number of hydrogen-bond acceptors (Lipinski definition) is 3. The summed E-state index contributed by atoms with van der Waals surface area (Å²) < 4.78 is 1.70. The zero-order valence-electron chi connectivity index (χ0n) is 9.08. The lowest BCUT2D eigenvalue weighted by Gasteiger charge is -2.08. The summed E-state index contributed by atoms with van der Waals surface area (Å²) >= 11 is 0. The molecule has 0 aliphatic heterocycles. The highest BCUT2D eigenvalue weighted by molar-refractivity contribution is 6.00. The molecule has 3 N–H and O–H groups in total. The van der Waals surface area contributed by atoms with Gasteiger partial charge in [0.05, 0.1) is 16.9 Å². The van der Waals surface area contributed by atoms with Crippen LogP contribution in [0.1, 0.15) is 25.5 Å². The molecule has 82 valence electrons. The molecule has 1 fully saturated rings. The largest absolute Gasteiger partial charge is 0.322 e. The van der Waals surface area contributed by atoms with Gasteiger partial charge in [-0.2, -0.15) is 5.10 Å². The summed E-state index contributed by atoms with van der Waals surface area (Å²) in [5.41, 5.74) is 6.85. The van der Waals surface area contributed by atoms with Gasteiger partial charge in [0.15, 0.2) is 0 Å². The molecule has 0 radical (unpaired) electrons. The molecule has 0 saturated heterocycles. The maximum atomic E-state index is 11.7. The van der Waals surface area contributed by atoms with E-state index in [4.69, 9.17) is 5.73 Å². The van der Waals surface area contributed by atoms with Crippen LogP contribution in [0.25, 0.3) is 0 Å². The zero-order valence-corrected chi connectivity index (χ0v) is 9.08. The lowest BCUT2D eigenvalue weighted by Crippen LogP contribution is -2.37. The molecule has 1 heterocycles. The number of amides is 1. The second-order valence-corrected chi connectivity index (χ2v) is 4.13. The van der Waals surface area contributed by atoms with Crippen molar-refractivity contribution in [1.29, 1.82) is 0 Å². The highest BCUT2D eigenvalue weighted by atomic mass is 16.2. The van der Waals surface area contributed by atoms with Gasteiger partial charge in [-0.1, -0.05) is 6.92 Å². The predicted octanol–water partition coefficient (Wildman–Crippen LogP) is 0.412. The van der Waals surface area contributed by atoms with E-state index in [1.165, 1.54) is 0 Å². The van der Waals surface area contributed by atoms with E-state index in [1.54, 1.807) is 4.68 Å². The Hall–Kier alpha value is -1.36. The summed E-state index contributed by atoms with van der Waals surface area (Å²) in [6, 6.07) is 0. The summed E-state index contributed by atoms with van der Waals surface area (Å²) in [5, 5.41) is 7.08. The lowest BCUT2D eigenvalue weighted by molar-refractivity contribution is -0.118. The topological polar surface area (TPSA) is 72.9 Å². The number of nitrogens with one attached hydrogen (secondary N) is 1. The second-order valence-electron chi connectivity index (χ2n) is 4.13. The van der Waals surface area contributed by atoms with Crippen LogP contribution in [0.3, 0.4) is 0 Å². The summed E-state index contributed by atoms with van der Waals surface area (Å²) in [6.45, 7) is 2.01. The van der Waals surface area contributed by atoms with E-state index in [2.05, 4.69) is 10.4 Å². The number of carbonyl (C=O) groups excluding carboxylic acids is 1. The minimum atomic E-state index is -0.624. The van der Waals surface area contributed by atoms with E-state index in [9.17, 15) is 4.79 Å².